The molecule has 0 aromatic heterocycles. The minimum absolute atomic E-state index is 0.108. The van der Waals surface area contributed by atoms with Gasteiger partial charge in [0.15, 0.2) is 0 Å². The van der Waals surface area contributed by atoms with Crippen LogP contribution in [0, 0.1) is 0 Å². The molecule has 0 aromatic rings. The van der Waals surface area contributed by atoms with Crippen LogP contribution in [0.3, 0.4) is 0 Å². The Morgan fingerprint density at radius 2 is 1.94 bits per heavy atom. The minimum atomic E-state index is -0.155. The first kappa shape index (κ1) is 16.9. The zero-order valence-corrected chi connectivity index (χ0v) is 12.0. The van der Waals surface area contributed by atoms with Crippen LogP contribution in [0.1, 0.15) is 65.2 Å². The van der Waals surface area contributed by atoms with Gasteiger partial charge in [-0.1, -0.05) is 51.0 Å². The molecule has 0 saturated carbocycles. The average molecular weight is 252 g/mol. The van der Waals surface area contributed by atoms with E-state index in [1.807, 2.05) is 6.08 Å². The molecule has 18 heavy (non-hydrogen) atoms. The Morgan fingerprint density at radius 1 is 1.22 bits per heavy atom. The van der Waals surface area contributed by atoms with Gasteiger partial charge in [-0.25, -0.2) is 0 Å². The fourth-order valence-electron chi connectivity index (χ4n) is 1.95. The molecule has 0 fully saturated rings. The van der Waals surface area contributed by atoms with E-state index in [9.17, 15) is 4.79 Å². The normalized spacial score (nSPS) is 12.6. The van der Waals surface area contributed by atoms with E-state index in [0.717, 1.165) is 32.1 Å². The molecule has 0 spiro atoms. The van der Waals surface area contributed by atoms with E-state index >= 15 is 0 Å². The van der Waals surface area contributed by atoms with Gasteiger partial charge in [0, 0.05) is 6.92 Å². The molecule has 0 rings (SSSR count). The Morgan fingerprint density at radius 3 is 2.56 bits per heavy atom. The number of rotatable bonds is 11. The highest BCUT2D eigenvalue weighted by molar-refractivity contribution is 5.66. The van der Waals surface area contributed by atoms with Gasteiger partial charge in [0.2, 0.25) is 0 Å². The first-order chi connectivity index (χ1) is 8.70. The summed E-state index contributed by atoms with van der Waals surface area (Å²) in [5.41, 5.74) is 0. The third-order valence-electron chi connectivity index (χ3n) is 2.88. The van der Waals surface area contributed by atoms with Crippen molar-refractivity contribution in [1.29, 1.82) is 0 Å². The van der Waals surface area contributed by atoms with Crippen LogP contribution >= 0.6 is 0 Å². The molecule has 0 aromatic carbocycles. The molecule has 104 valence electrons. The zero-order chi connectivity index (χ0) is 13.6. The number of carbonyl (C=O) groups is 1. The predicted molar refractivity (Wildman–Crippen MR) is 77.5 cm³/mol. The van der Waals surface area contributed by atoms with Crippen LogP contribution in [0.15, 0.2) is 24.8 Å². The number of ether oxygens (including phenoxy) is 1. The Balaban J connectivity index is 3.79. The smallest absolute Gasteiger partial charge is 0.302 e. The van der Waals surface area contributed by atoms with Crippen molar-refractivity contribution < 1.29 is 9.53 Å². The number of unbranched alkanes of at least 4 members (excludes halogenated alkanes) is 4. The molecular formula is C16H28O2. The van der Waals surface area contributed by atoms with Crippen LogP contribution in [-0.2, 0) is 9.53 Å². The van der Waals surface area contributed by atoms with Gasteiger partial charge in [-0.15, -0.1) is 0 Å². The number of esters is 1. The van der Waals surface area contributed by atoms with Gasteiger partial charge < -0.3 is 4.74 Å². The number of allylic oxidation sites excluding steroid dienone is 3. The maximum absolute atomic E-state index is 11.0. The fourth-order valence-corrected chi connectivity index (χ4v) is 1.95. The largest absolute Gasteiger partial charge is 0.463 e. The molecule has 2 nitrogen and oxygen atoms in total. The summed E-state index contributed by atoms with van der Waals surface area (Å²) in [6.07, 6.45) is 14.9. The van der Waals surface area contributed by atoms with Crippen molar-refractivity contribution in [2.24, 2.45) is 0 Å². The Kier molecular flexibility index (Phi) is 11.7. The summed E-state index contributed by atoms with van der Waals surface area (Å²) in [6, 6.07) is 0. The van der Waals surface area contributed by atoms with E-state index in [1.54, 1.807) is 6.08 Å². The molecule has 1 unspecified atom stereocenters. The Bertz CT molecular complexity index is 243. The van der Waals surface area contributed by atoms with Crippen LogP contribution in [0.4, 0.5) is 0 Å². The number of carbonyl (C=O) groups excluding carboxylic acids is 1. The minimum Gasteiger partial charge on any atom is -0.463 e. The molecule has 0 saturated heterocycles. The second-order valence-electron chi connectivity index (χ2n) is 4.68. The Labute approximate surface area is 112 Å². The van der Waals surface area contributed by atoms with Gasteiger partial charge in [-0.05, 0) is 32.1 Å². The molecule has 0 heterocycles. The lowest BCUT2D eigenvalue weighted by Gasteiger charge is -2.16. The maximum Gasteiger partial charge on any atom is 0.302 e. The SMILES string of the molecule is C=CC=CCCCC(CCCCCC)OC(C)=O. The molecule has 1 atom stereocenters. The van der Waals surface area contributed by atoms with Crippen LogP contribution in [0.5, 0.6) is 0 Å². The van der Waals surface area contributed by atoms with Gasteiger partial charge in [0.05, 0.1) is 0 Å². The molecule has 0 aliphatic carbocycles. The summed E-state index contributed by atoms with van der Waals surface area (Å²) in [4.78, 5) is 11.0. The van der Waals surface area contributed by atoms with Crippen LogP contribution in [-0.4, -0.2) is 12.1 Å². The second-order valence-corrected chi connectivity index (χ2v) is 4.68. The van der Waals surface area contributed by atoms with E-state index < -0.39 is 0 Å². The molecule has 0 amide bonds. The second kappa shape index (κ2) is 12.4. The molecular weight excluding hydrogens is 224 g/mol. The summed E-state index contributed by atoms with van der Waals surface area (Å²) in [7, 11) is 0. The fraction of sp³-hybridized carbons (Fsp3) is 0.688. The highest BCUT2D eigenvalue weighted by Gasteiger charge is 2.10. The van der Waals surface area contributed by atoms with Crippen LogP contribution < -0.4 is 0 Å². The van der Waals surface area contributed by atoms with Gasteiger partial charge in [-0.3, -0.25) is 4.79 Å². The van der Waals surface area contributed by atoms with Crippen LogP contribution in [0.25, 0.3) is 0 Å². The molecule has 2 heteroatoms. The molecule has 0 bridgehead atoms. The van der Waals surface area contributed by atoms with E-state index in [2.05, 4.69) is 19.6 Å². The van der Waals surface area contributed by atoms with Crippen molar-refractivity contribution in [1.82, 2.24) is 0 Å². The van der Waals surface area contributed by atoms with E-state index in [1.165, 1.54) is 26.2 Å². The van der Waals surface area contributed by atoms with Crippen molar-refractivity contribution in [3.8, 4) is 0 Å². The standard InChI is InChI=1S/C16H28O2/c1-4-6-8-10-12-14-16(18-15(3)17)13-11-9-7-5-2/h4,6,8,16H,1,5,7,9-14H2,2-3H3. The molecule has 0 radical (unpaired) electrons. The van der Waals surface area contributed by atoms with E-state index in [-0.39, 0.29) is 12.1 Å². The number of hydrogen-bond acceptors (Lipinski definition) is 2. The Hall–Kier alpha value is -1.05. The van der Waals surface area contributed by atoms with Crippen molar-refractivity contribution in [3.05, 3.63) is 24.8 Å². The topological polar surface area (TPSA) is 26.3 Å². The van der Waals surface area contributed by atoms with Gasteiger partial charge >= 0.3 is 5.97 Å². The van der Waals surface area contributed by atoms with Crippen molar-refractivity contribution in [2.75, 3.05) is 0 Å². The highest BCUT2D eigenvalue weighted by Crippen LogP contribution is 2.14. The first-order valence-electron chi connectivity index (χ1n) is 7.15. The maximum atomic E-state index is 11.0. The summed E-state index contributed by atoms with van der Waals surface area (Å²) in [5.74, 6) is -0.155. The predicted octanol–water partition coefficient (Wildman–Crippen LogP) is 4.80. The van der Waals surface area contributed by atoms with Crippen molar-refractivity contribution in [3.63, 3.8) is 0 Å². The third-order valence-corrected chi connectivity index (χ3v) is 2.88. The highest BCUT2D eigenvalue weighted by atomic mass is 16.5. The van der Waals surface area contributed by atoms with Gasteiger partial charge in [-0.2, -0.15) is 0 Å². The quantitative estimate of drug-likeness (QED) is 0.300. The summed E-state index contributed by atoms with van der Waals surface area (Å²) < 4.78 is 5.35. The zero-order valence-electron chi connectivity index (χ0n) is 12.0. The lowest BCUT2D eigenvalue weighted by Crippen LogP contribution is -2.16. The molecule has 0 N–H and O–H groups in total. The third kappa shape index (κ3) is 11.4. The van der Waals surface area contributed by atoms with Gasteiger partial charge in [0.25, 0.3) is 0 Å². The summed E-state index contributed by atoms with van der Waals surface area (Å²) in [5, 5.41) is 0. The van der Waals surface area contributed by atoms with Crippen LogP contribution in [0.2, 0.25) is 0 Å². The lowest BCUT2D eigenvalue weighted by molar-refractivity contribution is -0.147. The van der Waals surface area contributed by atoms with Crippen molar-refractivity contribution in [2.45, 2.75) is 71.3 Å². The van der Waals surface area contributed by atoms with Crippen molar-refractivity contribution >= 4 is 5.97 Å². The van der Waals surface area contributed by atoms with E-state index in [0.29, 0.717) is 0 Å². The molecule has 0 aliphatic rings. The van der Waals surface area contributed by atoms with Gasteiger partial charge in [0.1, 0.15) is 6.10 Å². The summed E-state index contributed by atoms with van der Waals surface area (Å²) in [6.45, 7) is 7.34. The van der Waals surface area contributed by atoms with E-state index in [4.69, 9.17) is 4.74 Å². The summed E-state index contributed by atoms with van der Waals surface area (Å²) >= 11 is 0. The monoisotopic (exact) mass is 252 g/mol. The lowest BCUT2D eigenvalue weighted by atomic mass is 10.0. The molecule has 0 aliphatic heterocycles. The average Bonchev–Trinajstić information content (AvgIpc) is 2.33. The first-order valence-corrected chi connectivity index (χ1v) is 7.15. The number of hydrogen-bond donors (Lipinski definition) is 0.